The van der Waals surface area contributed by atoms with E-state index in [0.717, 1.165) is 12.2 Å². The van der Waals surface area contributed by atoms with Gasteiger partial charge >= 0.3 is 0 Å². The lowest BCUT2D eigenvalue weighted by atomic mass is 10.1. The van der Waals surface area contributed by atoms with Gasteiger partial charge in [0.2, 0.25) is 0 Å². The van der Waals surface area contributed by atoms with Gasteiger partial charge in [0.1, 0.15) is 11.6 Å². The molecule has 6 nitrogen and oxygen atoms in total. The van der Waals surface area contributed by atoms with Gasteiger partial charge in [-0.15, -0.1) is 0 Å². The summed E-state index contributed by atoms with van der Waals surface area (Å²) in [5.41, 5.74) is 6.13. The lowest BCUT2D eigenvalue weighted by molar-refractivity contribution is -0.132. The van der Waals surface area contributed by atoms with Gasteiger partial charge in [-0.3, -0.25) is 9.69 Å². The maximum atomic E-state index is 12.7. The molecular weight excluding hydrogens is 330 g/mol. The molecule has 0 atom stereocenters. The minimum atomic E-state index is -0.929. The zero-order chi connectivity index (χ0) is 18.7. The molecule has 0 fully saturated rings. The van der Waals surface area contributed by atoms with Gasteiger partial charge in [0.05, 0.1) is 6.61 Å². The van der Waals surface area contributed by atoms with Gasteiger partial charge in [-0.1, -0.05) is 19.1 Å². The van der Waals surface area contributed by atoms with E-state index in [4.69, 9.17) is 15.2 Å². The molecule has 0 radical (unpaired) electrons. The second kappa shape index (κ2) is 7.23. The fourth-order valence-corrected chi connectivity index (χ4v) is 2.90. The van der Waals surface area contributed by atoms with E-state index < -0.39 is 5.60 Å². The zero-order valence-corrected chi connectivity index (χ0v) is 15.5. The topological polar surface area (TPSA) is 77.7 Å². The van der Waals surface area contributed by atoms with E-state index in [0.29, 0.717) is 37.0 Å². The highest BCUT2D eigenvalue weighted by atomic mass is 16.5. The van der Waals surface area contributed by atoms with Crippen LogP contribution >= 0.6 is 0 Å². The van der Waals surface area contributed by atoms with Crippen LogP contribution in [-0.2, 0) is 11.2 Å². The number of anilines is 2. The third-order valence-corrected chi connectivity index (χ3v) is 4.37. The molecule has 1 aliphatic rings. The van der Waals surface area contributed by atoms with Crippen molar-refractivity contribution in [3.05, 3.63) is 42.0 Å². The van der Waals surface area contributed by atoms with Gasteiger partial charge < -0.3 is 15.2 Å². The molecule has 2 aromatic rings. The number of carbonyl (C=O) groups excluding carboxylic acids is 1. The number of aryl methyl sites for hydroxylation is 1. The van der Waals surface area contributed by atoms with Gasteiger partial charge in [0, 0.05) is 6.54 Å². The number of pyridine rings is 1. The quantitative estimate of drug-likeness (QED) is 0.805. The number of fused-ring (bicyclic) bond motifs is 1. The number of nitrogen functional groups attached to an aromatic ring is 1. The number of nitrogens with zero attached hydrogens (tertiary/aromatic N) is 2. The van der Waals surface area contributed by atoms with E-state index in [2.05, 4.69) is 24.0 Å². The molecule has 0 spiro atoms. The average molecular weight is 355 g/mol. The molecule has 0 unspecified atom stereocenters. The van der Waals surface area contributed by atoms with Gasteiger partial charge in [0.15, 0.2) is 17.2 Å². The van der Waals surface area contributed by atoms with Gasteiger partial charge in [-0.05, 0) is 56.5 Å². The van der Waals surface area contributed by atoms with Crippen molar-refractivity contribution in [2.24, 2.45) is 0 Å². The summed E-state index contributed by atoms with van der Waals surface area (Å²) in [6.07, 6.45) is 1.68. The van der Waals surface area contributed by atoms with E-state index in [9.17, 15) is 4.79 Å². The summed E-state index contributed by atoms with van der Waals surface area (Å²) in [7, 11) is 0. The summed E-state index contributed by atoms with van der Waals surface area (Å²) >= 11 is 0. The summed E-state index contributed by atoms with van der Waals surface area (Å²) in [5, 5.41) is 0. The number of carbonyl (C=O) groups is 1. The molecule has 1 aromatic heterocycles. The smallest absolute Gasteiger partial charge is 0.271 e. The fraction of sp³-hybridized carbons (Fsp3) is 0.400. The Kier molecular flexibility index (Phi) is 5.02. The molecule has 2 heterocycles. The first kappa shape index (κ1) is 18.0. The zero-order valence-electron chi connectivity index (χ0n) is 15.5. The Morgan fingerprint density at radius 2 is 1.92 bits per heavy atom. The number of ether oxygens (including phenoxy) is 2. The normalized spacial score (nSPS) is 15.3. The fourth-order valence-electron chi connectivity index (χ4n) is 2.90. The van der Waals surface area contributed by atoms with Crippen LogP contribution in [-0.4, -0.2) is 29.6 Å². The maximum Gasteiger partial charge on any atom is 0.271 e. The predicted molar refractivity (Wildman–Crippen MR) is 102 cm³/mol. The Morgan fingerprint density at radius 3 is 2.62 bits per heavy atom. The molecule has 0 aliphatic carbocycles. The van der Waals surface area contributed by atoms with Crippen LogP contribution < -0.4 is 20.1 Å². The Morgan fingerprint density at radius 1 is 1.19 bits per heavy atom. The third-order valence-electron chi connectivity index (χ3n) is 4.37. The van der Waals surface area contributed by atoms with Crippen LogP contribution in [0.15, 0.2) is 36.4 Å². The van der Waals surface area contributed by atoms with Crippen LogP contribution in [0, 0.1) is 0 Å². The standard InChI is InChI=1S/C20H25N3O3/c1-4-14-6-8-15(9-7-14)25-13-5-12-23-18-16(10-11-17(21)22-18)26-20(2,3)19(23)24/h6-11H,4-5,12-13H2,1-3H3,(H2,21,22). The summed E-state index contributed by atoms with van der Waals surface area (Å²) in [4.78, 5) is 18.7. The SMILES string of the molecule is CCc1ccc(OCCCN2C(=O)C(C)(C)Oc3ccc(N)nc32)cc1. The monoisotopic (exact) mass is 355 g/mol. The molecule has 1 amide bonds. The second-order valence-electron chi connectivity index (χ2n) is 6.83. The van der Waals surface area contributed by atoms with Crippen molar-refractivity contribution < 1.29 is 14.3 Å². The van der Waals surface area contributed by atoms with Crippen molar-refractivity contribution in [1.82, 2.24) is 4.98 Å². The van der Waals surface area contributed by atoms with Gasteiger partial charge in [-0.25, -0.2) is 4.98 Å². The summed E-state index contributed by atoms with van der Waals surface area (Å²) in [5.74, 6) is 2.10. The van der Waals surface area contributed by atoms with E-state index in [1.165, 1.54) is 5.56 Å². The summed E-state index contributed by atoms with van der Waals surface area (Å²) < 4.78 is 11.6. The number of amides is 1. The van der Waals surface area contributed by atoms with Crippen molar-refractivity contribution in [2.75, 3.05) is 23.8 Å². The average Bonchev–Trinajstić information content (AvgIpc) is 2.62. The first-order valence-electron chi connectivity index (χ1n) is 8.90. The molecule has 0 bridgehead atoms. The van der Waals surface area contributed by atoms with Crippen molar-refractivity contribution in [2.45, 2.75) is 39.2 Å². The largest absolute Gasteiger partial charge is 0.494 e. The number of hydrogen-bond donors (Lipinski definition) is 1. The highest BCUT2D eigenvalue weighted by Gasteiger charge is 2.41. The Hall–Kier alpha value is -2.76. The van der Waals surface area contributed by atoms with Crippen molar-refractivity contribution in [3.8, 4) is 11.5 Å². The summed E-state index contributed by atoms with van der Waals surface area (Å²) in [6.45, 7) is 6.63. The molecule has 1 aromatic carbocycles. The van der Waals surface area contributed by atoms with Crippen LogP contribution in [0.3, 0.4) is 0 Å². The number of nitrogens with two attached hydrogens (primary N) is 1. The van der Waals surface area contributed by atoms with E-state index in [1.807, 2.05) is 12.1 Å². The van der Waals surface area contributed by atoms with Crippen molar-refractivity contribution in [1.29, 1.82) is 0 Å². The molecule has 1 aliphatic heterocycles. The maximum absolute atomic E-state index is 12.7. The molecular formula is C20H25N3O3. The molecule has 26 heavy (non-hydrogen) atoms. The number of benzene rings is 1. The van der Waals surface area contributed by atoms with Crippen molar-refractivity contribution >= 4 is 17.5 Å². The minimum absolute atomic E-state index is 0.129. The highest BCUT2D eigenvalue weighted by Crippen LogP contribution is 2.36. The van der Waals surface area contributed by atoms with Crippen LogP contribution in [0.4, 0.5) is 11.6 Å². The number of rotatable bonds is 6. The lowest BCUT2D eigenvalue weighted by Crippen LogP contribution is -2.53. The summed E-state index contributed by atoms with van der Waals surface area (Å²) in [6, 6.07) is 11.5. The van der Waals surface area contributed by atoms with Gasteiger partial charge in [0.25, 0.3) is 5.91 Å². The van der Waals surface area contributed by atoms with Crippen LogP contribution in [0.5, 0.6) is 11.5 Å². The predicted octanol–water partition coefficient (Wildman–Crippen LogP) is 3.20. The molecule has 0 saturated heterocycles. The van der Waals surface area contributed by atoms with Crippen LogP contribution in [0.1, 0.15) is 32.8 Å². The molecule has 6 heteroatoms. The highest BCUT2D eigenvalue weighted by molar-refractivity contribution is 6.01. The van der Waals surface area contributed by atoms with Gasteiger partial charge in [-0.2, -0.15) is 0 Å². The first-order chi connectivity index (χ1) is 12.4. The third kappa shape index (κ3) is 3.74. The Balaban J connectivity index is 1.64. The van der Waals surface area contributed by atoms with Crippen LogP contribution in [0.25, 0.3) is 0 Å². The van der Waals surface area contributed by atoms with Crippen molar-refractivity contribution in [3.63, 3.8) is 0 Å². The minimum Gasteiger partial charge on any atom is -0.494 e. The molecule has 0 saturated carbocycles. The number of aromatic nitrogens is 1. The first-order valence-corrected chi connectivity index (χ1v) is 8.90. The second-order valence-corrected chi connectivity index (χ2v) is 6.83. The number of hydrogen-bond acceptors (Lipinski definition) is 5. The molecule has 138 valence electrons. The van der Waals surface area contributed by atoms with Crippen LogP contribution in [0.2, 0.25) is 0 Å². The van der Waals surface area contributed by atoms with E-state index in [1.54, 1.807) is 30.9 Å². The lowest BCUT2D eigenvalue weighted by Gasteiger charge is -2.37. The molecule has 3 rings (SSSR count). The van der Waals surface area contributed by atoms with E-state index >= 15 is 0 Å². The molecule has 2 N–H and O–H groups in total. The Bertz CT molecular complexity index is 787. The van der Waals surface area contributed by atoms with E-state index in [-0.39, 0.29) is 5.91 Å². The Labute approximate surface area is 153 Å².